The van der Waals surface area contributed by atoms with Crippen molar-refractivity contribution < 1.29 is 9.50 Å². The highest BCUT2D eigenvalue weighted by Gasteiger charge is 2.14. The second-order valence-electron chi connectivity index (χ2n) is 4.10. The Kier molecular flexibility index (Phi) is 4.99. The lowest BCUT2D eigenvalue weighted by Crippen LogP contribution is -2.30. The fourth-order valence-corrected chi connectivity index (χ4v) is 1.79. The minimum Gasteiger partial charge on any atom is -0.508 e. The Labute approximate surface area is 102 Å². The summed E-state index contributed by atoms with van der Waals surface area (Å²) in [6, 6.07) is 4.20. The predicted molar refractivity (Wildman–Crippen MR) is 67.1 cm³/mol. The summed E-state index contributed by atoms with van der Waals surface area (Å²) in [6.07, 6.45) is 6.84. The number of terminal acetylenes is 1. The Hall–Kier alpha value is -1.53. The number of halogens is 1. The first-order valence-corrected chi connectivity index (χ1v) is 5.76. The molecule has 0 radical (unpaired) electrons. The van der Waals surface area contributed by atoms with E-state index in [2.05, 4.69) is 11.2 Å². The lowest BCUT2D eigenvalue weighted by atomic mass is 10.0. The fraction of sp³-hybridized carbons (Fsp3) is 0.429. The van der Waals surface area contributed by atoms with E-state index >= 15 is 0 Å². The first-order chi connectivity index (χ1) is 8.08. The van der Waals surface area contributed by atoms with Crippen LogP contribution in [-0.2, 0) is 0 Å². The largest absolute Gasteiger partial charge is 0.508 e. The lowest BCUT2D eigenvalue weighted by Gasteiger charge is -2.21. The van der Waals surface area contributed by atoms with E-state index in [1.807, 2.05) is 13.8 Å². The Bertz CT molecular complexity index is 411. The van der Waals surface area contributed by atoms with Gasteiger partial charge in [-0.25, -0.2) is 4.39 Å². The van der Waals surface area contributed by atoms with E-state index in [0.29, 0.717) is 12.0 Å². The zero-order chi connectivity index (χ0) is 12.8. The highest BCUT2D eigenvalue weighted by atomic mass is 19.1. The Morgan fingerprint density at radius 3 is 2.76 bits per heavy atom. The smallest absolute Gasteiger partial charge is 0.126 e. The number of nitrogens with one attached hydrogen (secondary N) is 1. The normalized spacial score (nSPS) is 14.0. The van der Waals surface area contributed by atoms with Crippen LogP contribution in [0.15, 0.2) is 18.2 Å². The van der Waals surface area contributed by atoms with Gasteiger partial charge in [0.15, 0.2) is 0 Å². The van der Waals surface area contributed by atoms with Crippen molar-refractivity contribution >= 4 is 0 Å². The van der Waals surface area contributed by atoms with Crippen molar-refractivity contribution in [2.24, 2.45) is 0 Å². The van der Waals surface area contributed by atoms with Crippen molar-refractivity contribution in [2.45, 2.75) is 38.8 Å². The van der Waals surface area contributed by atoms with Gasteiger partial charge in [0.25, 0.3) is 0 Å². The standard InChI is InChI=1S/C14H18FNO/c1-4-6-12(5-2)16-10(3)13-8-7-11(15)9-14(13)17/h1,7-10,12,16-17H,5-6H2,2-3H3. The first kappa shape index (κ1) is 13.5. The molecule has 0 bridgehead atoms. The van der Waals surface area contributed by atoms with Crippen LogP contribution in [-0.4, -0.2) is 11.1 Å². The molecule has 0 aliphatic rings. The zero-order valence-corrected chi connectivity index (χ0v) is 10.2. The van der Waals surface area contributed by atoms with Crippen molar-refractivity contribution in [1.29, 1.82) is 0 Å². The molecule has 0 aromatic heterocycles. The molecular weight excluding hydrogens is 217 g/mol. The van der Waals surface area contributed by atoms with Crippen molar-refractivity contribution in [3.63, 3.8) is 0 Å². The van der Waals surface area contributed by atoms with Gasteiger partial charge in [-0.05, 0) is 19.4 Å². The Morgan fingerprint density at radius 1 is 1.53 bits per heavy atom. The fourth-order valence-electron chi connectivity index (χ4n) is 1.79. The van der Waals surface area contributed by atoms with Crippen LogP contribution < -0.4 is 5.32 Å². The van der Waals surface area contributed by atoms with Gasteiger partial charge in [0.05, 0.1) is 0 Å². The highest BCUT2D eigenvalue weighted by Crippen LogP contribution is 2.25. The van der Waals surface area contributed by atoms with Crippen LogP contribution in [0.2, 0.25) is 0 Å². The molecule has 92 valence electrons. The van der Waals surface area contributed by atoms with Crippen LogP contribution >= 0.6 is 0 Å². The Balaban J connectivity index is 2.75. The molecule has 2 N–H and O–H groups in total. The number of benzene rings is 1. The molecule has 0 saturated heterocycles. The van der Waals surface area contributed by atoms with Gasteiger partial charge < -0.3 is 10.4 Å². The van der Waals surface area contributed by atoms with Gasteiger partial charge in [-0.2, -0.15) is 0 Å². The molecule has 0 amide bonds. The molecule has 2 nitrogen and oxygen atoms in total. The van der Waals surface area contributed by atoms with Gasteiger partial charge in [0, 0.05) is 30.1 Å². The van der Waals surface area contributed by atoms with Crippen molar-refractivity contribution in [3.8, 4) is 18.1 Å². The minimum absolute atomic E-state index is 0.0273. The van der Waals surface area contributed by atoms with Crippen LogP contribution in [0.4, 0.5) is 4.39 Å². The molecule has 1 aromatic rings. The van der Waals surface area contributed by atoms with Crippen LogP contribution in [0.5, 0.6) is 5.75 Å². The van der Waals surface area contributed by atoms with Crippen LogP contribution in [0.1, 0.15) is 38.3 Å². The summed E-state index contributed by atoms with van der Waals surface area (Å²) in [4.78, 5) is 0. The van der Waals surface area contributed by atoms with E-state index in [4.69, 9.17) is 6.42 Å². The number of rotatable bonds is 5. The number of phenols is 1. The molecule has 0 heterocycles. The summed E-state index contributed by atoms with van der Waals surface area (Å²) in [6.45, 7) is 3.97. The second-order valence-corrected chi connectivity index (χ2v) is 4.10. The topological polar surface area (TPSA) is 32.3 Å². The summed E-state index contributed by atoms with van der Waals surface area (Å²) in [5, 5.41) is 13.0. The Morgan fingerprint density at radius 2 is 2.24 bits per heavy atom. The zero-order valence-electron chi connectivity index (χ0n) is 10.2. The maximum Gasteiger partial charge on any atom is 0.126 e. The van der Waals surface area contributed by atoms with E-state index in [-0.39, 0.29) is 17.8 Å². The van der Waals surface area contributed by atoms with Gasteiger partial charge in [-0.15, -0.1) is 12.3 Å². The number of hydrogen-bond donors (Lipinski definition) is 2. The van der Waals surface area contributed by atoms with Crippen molar-refractivity contribution in [1.82, 2.24) is 5.32 Å². The number of phenolic OH excluding ortho intramolecular Hbond substituents is 1. The molecule has 2 unspecified atom stereocenters. The maximum atomic E-state index is 12.9. The summed E-state index contributed by atoms with van der Waals surface area (Å²) in [5.74, 6) is 2.15. The summed E-state index contributed by atoms with van der Waals surface area (Å²) in [7, 11) is 0. The number of hydrogen-bond acceptors (Lipinski definition) is 2. The van der Waals surface area contributed by atoms with Crippen LogP contribution in [0, 0.1) is 18.2 Å². The van der Waals surface area contributed by atoms with E-state index in [1.165, 1.54) is 6.07 Å². The molecule has 17 heavy (non-hydrogen) atoms. The van der Waals surface area contributed by atoms with E-state index in [0.717, 1.165) is 12.5 Å². The van der Waals surface area contributed by atoms with Crippen LogP contribution in [0.25, 0.3) is 0 Å². The quantitative estimate of drug-likeness (QED) is 0.769. The average Bonchev–Trinajstić information content (AvgIpc) is 2.28. The van der Waals surface area contributed by atoms with Gasteiger partial charge in [-0.1, -0.05) is 13.0 Å². The van der Waals surface area contributed by atoms with E-state index in [9.17, 15) is 9.50 Å². The van der Waals surface area contributed by atoms with Gasteiger partial charge in [-0.3, -0.25) is 0 Å². The molecule has 0 aliphatic heterocycles. The number of aromatic hydroxyl groups is 1. The molecule has 0 fully saturated rings. The SMILES string of the molecule is C#CCC(CC)NC(C)c1ccc(F)cc1O. The monoisotopic (exact) mass is 235 g/mol. The second kappa shape index (κ2) is 6.27. The lowest BCUT2D eigenvalue weighted by molar-refractivity contribution is 0.418. The molecule has 0 spiro atoms. The van der Waals surface area contributed by atoms with Gasteiger partial charge in [0.1, 0.15) is 11.6 Å². The highest BCUT2D eigenvalue weighted by molar-refractivity contribution is 5.34. The molecule has 3 heteroatoms. The third-order valence-electron chi connectivity index (χ3n) is 2.80. The van der Waals surface area contributed by atoms with Gasteiger partial charge >= 0.3 is 0 Å². The molecule has 1 aromatic carbocycles. The summed E-state index contributed by atoms with van der Waals surface area (Å²) < 4.78 is 12.9. The predicted octanol–water partition coefficient (Wildman–Crippen LogP) is 2.98. The average molecular weight is 235 g/mol. The summed E-state index contributed by atoms with van der Waals surface area (Å²) in [5.41, 5.74) is 0.682. The molecule has 0 aliphatic carbocycles. The van der Waals surface area contributed by atoms with Gasteiger partial charge in [0.2, 0.25) is 0 Å². The third kappa shape index (κ3) is 3.76. The molecular formula is C14H18FNO. The van der Waals surface area contributed by atoms with Crippen molar-refractivity contribution in [3.05, 3.63) is 29.6 Å². The van der Waals surface area contributed by atoms with Crippen molar-refractivity contribution in [2.75, 3.05) is 0 Å². The van der Waals surface area contributed by atoms with E-state index < -0.39 is 5.82 Å². The summed E-state index contributed by atoms with van der Waals surface area (Å²) >= 11 is 0. The minimum atomic E-state index is -0.436. The molecule has 0 saturated carbocycles. The molecule has 1 rings (SSSR count). The molecule has 2 atom stereocenters. The maximum absolute atomic E-state index is 12.9. The van der Waals surface area contributed by atoms with E-state index in [1.54, 1.807) is 6.07 Å². The first-order valence-electron chi connectivity index (χ1n) is 5.76. The third-order valence-corrected chi connectivity index (χ3v) is 2.80. The van der Waals surface area contributed by atoms with Crippen LogP contribution in [0.3, 0.4) is 0 Å².